The first-order chi connectivity index (χ1) is 8.75. The van der Waals surface area contributed by atoms with Crippen molar-refractivity contribution in [1.29, 1.82) is 0 Å². The van der Waals surface area contributed by atoms with E-state index in [9.17, 15) is 4.79 Å². The molecule has 1 heterocycles. The maximum absolute atomic E-state index is 12.0. The molecule has 1 amide bonds. The minimum absolute atomic E-state index is 0.178. The van der Waals surface area contributed by atoms with E-state index in [1.54, 1.807) is 11.3 Å². The number of benzene rings is 1. The largest absolute Gasteiger partial charge is 0.345 e. The molecule has 0 bridgehead atoms. The predicted molar refractivity (Wildman–Crippen MR) is 75.8 cm³/mol. The Balaban J connectivity index is 1.82. The van der Waals surface area contributed by atoms with E-state index >= 15 is 0 Å². The number of hydrogen-bond donors (Lipinski definition) is 0. The lowest BCUT2D eigenvalue weighted by Crippen LogP contribution is -2.30. The summed E-state index contributed by atoms with van der Waals surface area (Å²) in [6.07, 6.45) is 1.43. The van der Waals surface area contributed by atoms with Crippen LogP contribution in [-0.2, 0) is 17.6 Å². The van der Waals surface area contributed by atoms with Crippen molar-refractivity contribution in [2.24, 2.45) is 0 Å². The average molecular weight is 259 g/mol. The second-order valence-electron chi connectivity index (χ2n) is 4.31. The van der Waals surface area contributed by atoms with Gasteiger partial charge < -0.3 is 4.90 Å². The fourth-order valence-corrected chi connectivity index (χ4v) is 2.46. The van der Waals surface area contributed by atoms with E-state index in [1.165, 1.54) is 4.88 Å². The lowest BCUT2D eigenvalue weighted by Gasteiger charge is -2.16. The third-order valence-electron chi connectivity index (χ3n) is 2.90. The van der Waals surface area contributed by atoms with E-state index in [0.29, 0.717) is 6.42 Å². The highest BCUT2D eigenvalue weighted by atomic mass is 32.1. The number of carbonyl (C=O) groups excluding carboxylic acids is 1. The summed E-state index contributed by atoms with van der Waals surface area (Å²) in [6.45, 7) is 0.784. The number of amides is 1. The molecule has 1 aromatic heterocycles. The lowest BCUT2D eigenvalue weighted by atomic mass is 10.1. The standard InChI is InChI=1S/C15H17NOS/c1-16(10-9-14-8-5-11-18-14)15(17)12-13-6-3-2-4-7-13/h2-8,11H,9-10,12H2,1H3. The van der Waals surface area contributed by atoms with Crippen LogP contribution >= 0.6 is 11.3 Å². The zero-order valence-corrected chi connectivity index (χ0v) is 11.3. The molecule has 0 atom stereocenters. The van der Waals surface area contributed by atoms with Gasteiger partial charge in [0.2, 0.25) is 5.91 Å². The minimum Gasteiger partial charge on any atom is -0.345 e. The molecule has 0 aliphatic rings. The molecular weight excluding hydrogens is 242 g/mol. The van der Waals surface area contributed by atoms with Gasteiger partial charge >= 0.3 is 0 Å². The molecule has 0 fully saturated rings. The summed E-state index contributed by atoms with van der Waals surface area (Å²) < 4.78 is 0. The van der Waals surface area contributed by atoms with Gasteiger partial charge in [-0.1, -0.05) is 36.4 Å². The Morgan fingerprint density at radius 1 is 1.17 bits per heavy atom. The Morgan fingerprint density at radius 3 is 2.61 bits per heavy atom. The monoisotopic (exact) mass is 259 g/mol. The maximum Gasteiger partial charge on any atom is 0.226 e. The van der Waals surface area contributed by atoms with Crippen LogP contribution < -0.4 is 0 Å². The Labute approximate surface area is 112 Å². The number of rotatable bonds is 5. The van der Waals surface area contributed by atoms with E-state index < -0.39 is 0 Å². The van der Waals surface area contributed by atoms with E-state index in [2.05, 4.69) is 11.4 Å². The second kappa shape index (κ2) is 6.36. The predicted octanol–water partition coefficient (Wildman–Crippen LogP) is 2.99. The van der Waals surface area contributed by atoms with Crippen molar-refractivity contribution in [3.8, 4) is 0 Å². The van der Waals surface area contributed by atoms with Crippen molar-refractivity contribution < 1.29 is 4.79 Å². The highest BCUT2D eigenvalue weighted by Crippen LogP contribution is 2.10. The van der Waals surface area contributed by atoms with Gasteiger partial charge in [-0.2, -0.15) is 0 Å². The van der Waals surface area contributed by atoms with Crippen LogP contribution in [0.2, 0.25) is 0 Å². The minimum atomic E-state index is 0.178. The summed E-state index contributed by atoms with van der Waals surface area (Å²) in [5.41, 5.74) is 1.07. The van der Waals surface area contributed by atoms with E-state index in [-0.39, 0.29) is 5.91 Å². The zero-order chi connectivity index (χ0) is 12.8. The third kappa shape index (κ3) is 3.70. The Hall–Kier alpha value is -1.61. The number of hydrogen-bond acceptors (Lipinski definition) is 2. The van der Waals surface area contributed by atoms with Gasteiger partial charge in [0.15, 0.2) is 0 Å². The number of carbonyl (C=O) groups is 1. The van der Waals surface area contributed by atoms with Gasteiger partial charge in [0.1, 0.15) is 0 Å². The Kier molecular flexibility index (Phi) is 4.53. The quantitative estimate of drug-likeness (QED) is 0.808. The molecule has 0 spiro atoms. The molecule has 0 saturated carbocycles. The smallest absolute Gasteiger partial charge is 0.226 e. The van der Waals surface area contributed by atoms with E-state index in [1.807, 2.05) is 48.3 Å². The highest BCUT2D eigenvalue weighted by molar-refractivity contribution is 7.09. The fourth-order valence-electron chi connectivity index (χ4n) is 1.76. The summed E-state index contributed by atoms with van der Waals surface area (Å²) in [5, 5.41) is 2.07. The van der Waals surface area contributed by atoms with E-state index in [4.69, 9.17) is 0 Å². The Morgan fingerprint density at radius 2 is 1.94 bits per heavy atom. The van der Waals surface area contributed by atoms with Crippen molar-refractivity contribution in [3.63, 3.8) is 0 Å². The number of nitrogens with zero attached hydrogens (tertiary/aromatic N) is 1. The molecule has 3 heteroatoms. The normalized spacial score (nSPS) is 10.3. The topological polar surface area (TPSA) is 20.3 Å². The van der Waals surface area contributed by atoms with Gasteiger partial charge in [-0.25, -0.2) is 0 Å². The van der Waals surface area contributed by atoms with Gasteiger partial charge in [0.25, 0.3) is 0 Å². The summed E-state index contributed by atoms with van der Waals surface area (Å²) in [6, 6.07) is 14.0. The van der Waals surface area contributed by atoms with Crippen molar-refractivity contribution in [1.82, 2.24) is 4.90 Å². The first-order valence-electron chi connectivity index (χ1n) is 6.06. The fraction of sp³-hybridized carbons (Fsp3) is 0.267. The molecule has 94 valence electrons. The summed E-state index contributed by atoms with van der Waals surface area (Å²) in [5.74, 6) is 0.178. The van der Waals surface area contributed by atoms with Crippen molar-refractivity contribution >= 4 is 17.2 Å². The summed E-state index contributed by atoms with van der Waals surface area (Å²) in [4.78, 5) is 15.1. The van der Waals surface area contributed by atoms with Gasteiger partial charge in [0.05, 0.1) is 6.42 Å². The molecule has 1 aromatic carbocycles. The van der Waals surface area contributed by atoms with Crippen LogP contribution in [0.25, 0.3) is 0 Å². The molecule has 18 heavy (non-hydrogen) atoms. The molecule has 0 saturated heterocycles. The van der Waals surface area contributed by atoms with Crippen LogP contribution in [0.3, 0.4) is 0 Å². The molecule has 0 unspecified atom stereocenters. The van der Waals surface area contributed by atoms with Gasteiger partial charge in [-0.3, -0.25) is 4.79 Å². The zero-order valence-electron chi connectivity index (χ0n) is 10.5. The number of likely N-dealkylation sites (N-methyl/N-ethyl adjacent to an activating group) is 1. The Bertz CT molecular complexity index is 478. The molecule has 2 aromatic rings. The first-order valence-corrected chi connectivity index (χ1v) is 6.94. The van der Waals surface area contributed by atoms with Gasteiger partial charge in [-0.15, -0.1) is 11.3 Å². The maximum atomic E-state index is 12.0. The van der Waals surface area contributed by atoms with Crippen molar-refractivity contribution in [3.05, 3.63) is 58.3 Å². The molecular formula is C15H17NOS. The molecule has 0 N–H and O–H groups in total. The van der Waals surface area contributed by atoms with Crippen LogP contribution in [0.5, 0.6) is 0 Å². The third-order valence-corrected chi connectivity index (χ3v) is 3.83. The van der Waals surface area contributed by atoms with Gasteiger partial charge in [0, 0.05) is 18.5 Å². The van der Waals surface area contributed by atoms with Crippen LogP contribution in [0, 0.1) is 0 Å². The number of thiophene rings is 1. The van der Waals surface area contributed by atoms with Gasteiger partial charge in [-0.05, 0) is 23.4 Å². The van der Waals surface area contributed by atoms with Crippen LogP contribution in [0.1, 0.15) is 10.4 Å². The molecule has 0 aliphatic carbocycles. The van der Waals surface area contributed by atoms with Crippen LogP contribution in [0.15, 0.2) is 47.8 Å². The highest BCUT2D eigenvalue weighted by Gasteiger charge is 2.09. The average Bonchev–Trinajstić information content (AvgIpc) is 2.90. The summed E-state index contributed by atoms with van der Waals surface area (Å²) >= 11 is 1.74. The van der Waals surface area contributed by atoms with Crippen molar-refractivity contribution in [2.75, 3.05) is 13.6 Å². The van der Waals surface area contributed by atoms with Crippen LogP contribution in [0.4, 0.5) is 0 Å². The van der Waals surface area contributed by atoms with Crippen LogP contribution in [-0.4, -0.2) is 24.4 Å². The summed E-state index contributed by atoms with van der Waals surface area (Å²) in [7, 11) is 1.87. The second-order valence-corrected chi connectivity index (χ2v) is 5.34. The SMILES string of the molecule is CN(CCc1cccs1)C(=O)Cc1ccccc1. The molecule has 2 rings (SSSR count). The molecule has 2 nitrogen and oxygen atoms in total. The van der Waals surface area contributed by atoms with Crippen molar-refractivity contribution in [2.45, 2.75) is 12.8 Å². The molecule has 0 radical (unpaired) electrons. The first kappa shape index (κ1) is 12.8. The lowest BCUT2D eigenvalue weighted by molar-refractivity contribution is -0.129. The molecule has 0 aliphatic heterocycles. The van der Waals surface area contributed by atoms with E-state index in [0.717, 1.165) is 18.5 Å².